The van der Waals surface area contributed by atoms with Crippen LogP contribution in [0.1, 0.15) is 72.9 Å². The van der Waals surface area contributed by atoms with Gasteiger partial charge in [0.2, 0.25) is 0 Å². The molecule has 108 heavy (non-hydrogen) atoms. The van der Waals surface area contributed by atoms with Crippen LogP contribution in [0.4, 0.5) is 8.78 Å². The molecule has 5 unspecified atom stereocenters. The van der Waals surface area contributed by atoms with E-state index in [2.05, 4.69) is 279 Å². The van der Waals surface area contributed by atoms with Crippen molar-refractivity contribution in [3.63, 3.8) is 0 Å². The number of fused-ring (bicyclic) bond motifs is 1. The molecule has 562 valence electrons. The third kappa shape index (κ3) is 20.5. The molecule has 6 aliphatic carbocycles. The first-order valence-corrected chi connectivity index (χ1v) is 43.6. The van der Waals surface area contributed by atoms with Gasteiger partial charge < -0.3 is 28.8 Å². The van der Waals surface area contributed by atoms with Gasteiger partial charge >= 0.3 is 23.2 Å². The fourth-order valence-corrected chi connectivity index (χ4v) is 25.0. The molecule has 23 heteroatoms. The van der Waals surface area contributed by atoms with Gasteiger partial charge in [0.1, 0.15) is 27.6 Å². The maximum absolute atomic E-state index is 13.1. The zero-order valence-electron chi connectivity index (χ0n) is 59.2. The Kier molecular flexibility index (Phi) is 26.4. The summed E-state index contributed by atoms with van der Waals surface area (Å²) in [6.07, 6.45) is 5.81. The summed E-state index contributed by atoms with van der Waals surface area (Å²) in [5.74, 6) is -5.56. The van der Waals surface area contributed by atoms with Gasteiger partial charge in [0.25, 0.3) is 0 Å². The number of alkyl halides is 2. The van der Waals surface area contributed by atoms with Gasteiger partial charge in [0.05, 0.1) is 49.3 Å². The van der Waals surface area contributed by atoms with Crippen LogP contribution >= 0.6 is 0 Å². The number of halogens is 2. The molecule has 10 aromatic carbocycles. The molecular formula is C85H82F2O15S6. The Morgan fingerprint density at radius 3 is 1.08 bits per heavy atom. The molecule has 0 amide bonds. The molecule has 1 aliphatic heterocycles. The van der Waals surface area contributed by atoms with Crippen LogP contribution in [0.15, 0.2) is 329 Å². The van der Waals surface area contributed by atoms with Crippen LogP contribution in [0.5, 0.6) is 5.75 Å². The predicted octanol–water partition coefficient (Wildman–Crippen LogP) is 16.0. The van der Waals surface area contributed by atoms with Gasteiger partial charge in [-0.1, -0.05) is 187 Å². The number of aryl methyl sites for hydroxylation is 2. The number of aromatic carboxylic acids is 1. The number of hydrogen-bond donors (Lipinski definition) is 1. The Morgan fingerprint density at radius 1 is 0.472 bits per heavy atom. The number of carboxylic acids is 1. The average molecular weight is 1570 g/mol. The van der Waals surface area contributed by atoms with Crippen LogP contribution < -0.4 is 5.11 Å². The topological polar surface area (TPSA) is 261 Å². The van der Waals surface area contributed by atoms with E-state index >= 15 is 0 Å². The molecule has 17 rings (SSSR count). The lowest BCUT2D eigenvalue weighted by atomic mass is 9.54. The van der Waals surface area contributed by atoms with Crippen LogP contribution in [0, 0.1) is 49.4 Å². The molecule has 7 fully saturated rings. The first-order valence-electron chi connectivity index (χ1n) is 35.3. The van der Waals surface area contributed by atoms with Crippen LogP contribution in [0.25, 0.3) is 0 Å². The number of hydrogen-bond acceptors (Lipinski definition) is 14. The van der Waals surface area contributed by atoms with Crippen LogP contribution in [0.2, 0.25) is 0 Å². The highest BCUT2D eigenvalue weighted by Crippen LogP contribution is 2.59. The van der Waals surface area contributed by atoms with Crippen LogP contribution in [-0.2, 0) is 81.8 Å². The van der Waals surface area contributed by atoms with Crippen molar-refractivity contribution in [3.8, 4) is 5.75 Å². The summed E-state index contributed by atoms with van der Waals surface area (Å²) >= 11 is 0. The highest BCUT2D eigenvalue weighted by Gasteiger charge is 2.65. The maximum atomic E-state index is 13.1. The lowest BCUT2D eigenvalue weighted by Crippen LogP contribution is -2.53. The van der Waals surface area contributed by atoms with Crippen LogP contribution in [0.3, 0.4) is 0 Å². The molecule has 7 aliphatic rings. The van der Waals surface area contributed by atoms with Crippen molar-refractivity contribution < 1.29 is 77.2 Å². The number of sulfone groups is 1. The van der Waals surface area contributed by atoms with Gasteiger partial charge in [-0.2, -0.15) is 8.78 Å². The Bertz CT molecular complexity index is 4650. The van der Waals surface area contributed by atoms with Crippen molar-refractivity contribution in [2.75, 3.05) is 11.5 Å². The summed E-state index contributed by atoms with van der Waals surface area (Å²) in [6.45, 7) is 4.26. The fourth-order valence-electron chi connectivity index (χ4n) is 15.6. The molecule has 5 atom stereocenters. The van der Waals surface area contributed by atoms with E-state index in [0.717, 1.165) is 19.3 Å². The second-order valence-corrected chi connectivity index (χ2v) is 38.8. The van der Waals surface area contributed by atoms with E-state index in [1.165, 1.54) is 98.7 Å². The Labute approximate surface area is 639 Å². The molecule has 15 nitrogen and oxygen atoms in total. The van der Waals surface area contributed by atoms with Gasteiger partial charge in [-0.05, 0) is 210 Å². The lowest BCUT2D eigenvalue weighted by Gasteiger charge is -2.55. The van der Waals surface area contributed by atoms with E-state index in [-0.39, 0.29) is 62.3 Å². The largest absolute Gasteiger partial charge is 0.872 e. The highest BCUT2D eigenvalue weighted by atomic mass is 32.2. The average Bonchev–Trinajstić information content (AvgIpc) is 1.54. The summed E-state index contributed by atoms with van der Waals surface area (Å²) in [7, 11) is -14.1. The van der Waals surface area contributed by atoms with E-state index in [4.69, 9.17) is 9.84 Å². The summed E-state index contributed by atoms with van der Waals surface area (Å²) in [5.41, 5.74) is 1.97. The van der Waals surface area contributed by atoms with E-state index < -0.39 is 87.6 Å². The second kappa shape index (κ2) is 35.6. The third-order valence-electron chi connectivity index (χ3n) is 19.8. The Balaban J connectivity index is 0.000000130. The maximum Gasteiger partial charge on any atom is 0.428 e. The molecule has 1 heterocycles. The minimum Gasteiger partial charge on any atom is -0.872 e. The van der Waals surface area contributed by atoms with Crippen molar-refractivity contribution in [1.82, 2.24) is 0 Å². The van der Waals surface area contributed by atoms with Crippen molar-refractivity contribution in [2.45, 2.75) is 131 Å². The fraction of sp³-hybridized carbons (Fsp3) is 0.259. The smallest absolute Gasteiger partial charge is 0.428 e. The number of rotatable bonds is 16. The molecular weight excluding hydrogens is 1490 g/mol. The monoisotopic (exact) mass is 1570 g/mol. The van der Waals surface area contributed by atoms with Gasteiger partial charge in [-0.25, -0.2) is 34.8 Å². The van der Waals surface area contributed by atoms with Crippen molar-refractivity contribution in [1.29, 1.82) is 0 Å². The number of carboxylic acid groups (broad SMARTS) is 1. The summed E-state index contributed by atoms with van der Waals surface area (Å²) in [5, 5.41) is 13.4. The highest BCUT2D eigenvalue weighted by molar-refractivity contribution is 7.97. The SMILES string of the molecule is Cc1ccc([S+](c2ccccc2)c2ccccc2)cc1.Cc1ccc([S+](c2ccccc2)c2ccccc2)cc1.O=C(CS(=O)(=O)[O-])OC12CC3CC(CC(C3)C1)C2.O=C(O)c1ccccc1[O-].O=C(OC1C2CC3C1CS(=O)(=O)C3C2)C(F)(F)S(=O)(=O)[O-].c1ccc([S+](c2ccccc2)c2ccccc2)cc1. The van der Waals surface area contributed by atoms with Crippen molar-refractivity contribution in [2.24, 2.45) is 35.5 Å². The van der Waals surface area contributed by atoms with Crippen LogP contribution in [-0.4, -0.2) is 91.1 Å². The first-order chi connectivity index (χ1) is 51.6. The molecule has 0 spiro atoms. The van der Waals surface area contributed by atoms with E-state index in [1.54, 1.807) is 0 Å². The Morgan fingerprint density at radius 2 is 0.787 bits per heavy atom. The number of esters is 2. The summed E-state index contributed by atoms with van der Waals surface area (Å²) in [4.78, 5) is 45.3. The number of carbonyl (C=O) groups excluding carboxylic acids is 2. The summed E-state index contributed by atoms with van der Waals surface area (Å²) in [6, 6.07) is 98.4. The van der Waals surface area contributed by atoms with Crippen molar-refractivity contribution >= 4 is 80.7 Å². The number of benzene rings is 10. The first kappa shape index (κ1) is 80.1. The predicted molar refractivity (Wildman–Crippen MR) is 410 cm³/mol. The van der Waals surface area contributed by atoms with Gasteiger partial charge in [0, 0.05) is 5.92 Å². The molecule has 1 N–H and O–H groups in total. The van der Waals surface area contributed by atoms with Gasteiger partial charge in [-0.3, -0.25) is 4.79 Å². The quantitative estimate of drug-likeness (QED) is 0.0535. The standard InChI is InChI=1S/2C19H17S.C18H15S.C12H18O5S.C10H12F2O7S2.C7H6O3/c2*1-16-12-14-19(15-13-16)20(17-8-4-2-5-9-17)18-10-6-3-7-11-18;1-4-10-16(11-5-1)19(17-12-6-2-7-13-17)18-14-8-3-9-15-18;13-11(7-18(14,15)16)17-12-4-8-1-9(5-12)3-10(2-8)6-12;11-10(12,21(16,17)18)9(13)19-8-4-1-5-6(8)3-20(14,15)7(5)2-4;8-6-4-2-1-3-5(6)7(9)10/h2*2-15H,1H3;1-15H;8-10H,1-7H2,(H,14,15,16);4-8H,1-3H2,(H,16,17,18);1-4,8H,(H,9,10)/q3*+1;;;/p-3. The Hall–Kier alpha value is -8.91. The second-order valence-electron chi connectivity index (χ2n) is 27.6. The minimum atomic E-state index is -6.17. The minimum absolute atomic E-state index is 0.0146. The zero-order chi connectivity index (χ0) is 76.8. The van der Waals surface area contributed by atoms with E-state index in [9.17, 15) is 62.6 Å². The van der Waals surface area contributed by atoms with E-state index in [1.807, 2.05) is 0 Å². The molecule has 6 saturated carbocycles. The molecule has 10 aromatic rings. The van der Waals surface area contributed by atoms with E-state index in [0.29, 0.717) is 24.2 Å². The lowest BCUT2D eigenvalue weighted by molar-refractivity contribution is -0.268. The third-order valence-corrected chi connectivity index (χ3v) is 30.2. The van der Waals surface area contributed by atoms with Crippen molar-refractivity contribution in [3.05, 3.63) is 302 Å². The van der Waals surface area contributed by atoms with Gasteiger partial charge in [-0.15, -0.1) is 0 Å². The molecule has 0 radical (unpaired) electrons. The summed E-state index contributed by atoms with van der Waals surface area (Å²) < 4.78 is 123. The molecule has 0 aromatic heterocycles. The number of para-hydroxylation sites is 1. The normalized spacial score (nSPS) is 21.5. The molecule has 1 saturated heterocycles. The molecule has 6 bridgehead atoms. The number of carbonyl (C=O) groups is 3. The van der Waals surface area contributed by atoms with Gasteiger partial charge in [0.15, 0.2) is 64.0 Å². The number of ether oxygens (including phenoxy) is 2. The zero-order valence-corrected chi connectivity index (χ0v) is 64.1.